The van der Waals surface area contributed by atoms with E-state index in [0.29, 0.717) is 37.3 Å². The second kappa shape index (κ2) is 17.4. The smallest absolute Gasteiger partial charge is 0.261 e. The van der Waals surface area contributed by atoms with E-state index < -0.39 is 26.2 Å². The fraction of sp³-hybridized carbons (Fsp3) is 0.419. The number of aliphatic hydroxyl groups excluding tert-OH is 2. The van der Waals surface area contributed by atoms with E-state index in [1.807, 2.05) is 6.07 Å². The Morgan fingerprint density at radius 3 is 2.23 bits per heavy atom. The van der Waals surface area contributed by atoms with Gasteiger partial charge in [-0.05, 0) is 98.3 Å². The van der Waals surface area contributed by atoms with Crippen LogP contribution in [0.15, 0.2) is 76.5 Å². The summed E-state index contributed by atoms with van der Waals surface area (Å²) in [5, 5.41) is 37.5. The molecule has 0 saturated carbocycles. The second-order valence-electron chi connectivity index (χ2n) is 10.6. The van der Waals surface area contributed by atoms with Gasteiger partial charge in [0.15, 0.2) is 0 Å². The minimum atomic E-state index is -3.86. The summed E-state index contributed by atoms with van der Waals surface area (Å²) in [5.74, 6) is 0.0173. The third-order valence-corrected chi connectivity index (χ3v) is 9.34. The Hall–Kier alpha value is -3.04. The summed E-state index contributed by atoms with van der Waals surface area (Å²) in [6, 6.07) is 16.7. The van der Waals surface area contributed by atoms with Crippen LogP contribution < -0.4 is 15.2 Å². The second-order valence-corrected chi connectivity index (χ2v) is 13.8. The van der Waals surface area contributed by atoms with Gasteiger partial charge < -0.3 is 25.4 Å². The average molecular weight is 650 g/mol. The van der Waals surface area contributed by atoms with Crippen molar-refractivity contribution in [1.82, 2.24) is 5.32 Å². The summed E-state index contributed by atoms with van der Waals surface area (Å²) in [6.07, 6.45) is 5.78. The van der Waals surface area contributed by atoms with E-state index in [1.54, 1.807) is 24.3 Å². The molecule has 0 aromatic heterocycles. The van der Waals surface area contributed by atoms with E-state index in [9.17, 15) is 32.2 Å². The third-order valence-electron chi connectivity index (χ3n) is 7.04. The average Bonchev–Trinajstić information content (AvgIpc) is 2.99. The van der Waals surface area contributed by atoms with Crippen molar-refractivity contribution in [2.24, 2.45) is 5.14 Å². The van der Waals surface area contributed by atoms with Crippen molar-refractivity contribution < 1.29 is 36.9 Å². The largest absolute Gasteiger partial charge is 0.508 e. The molecule has 0 aliphatic rings. The van der Waals surface area contributed by atoms with Crippen LogP contribution in [-0.4, -0.2) is 58.5 Å². The van der Waals surface area contributed by atoms with Crippen LogP contribution in [0.1, 0.15) is 61.3 Å². The van der Waals surface area contributed by atoms with Gasteiger partial charge in [0.2, 0.25) is 10.0 Å². The molecular weight excluding hydrogens is 606 g/mol. The molecule has 3 rings (SSSR count). The highest BCUT2D eigenvalue weighted by atomic mass is 32.2. The van der Waals surface area contributed by atoms with Crippen LogP contribution in [-0.2, 0) is 37.8 Å². The van der Waals surface area contributed by atoms with Crippen LogP contribution in [0.25, 0.3) is 0 Å². The Morgan fingerprint density at radius 2 is 1.52 bits per heavy atom. The summed E-state index contributed by atoms with van der Waals surface area (Å²) in [4.78, 5) is 0.0263. The van der Waals surface area contributed by atoms with Gasteiger partial charge in [-0.15, -0.1) is 0 Å². The zero-order valence-electron chi connectivity index (χ0n) is 24.7. The third kappa shape index (κ3) is 11.8. The number of ether oxygens (including phenoxy) is 1. The molecule has 1 atom stereocenters. The number of primary sulfonamides is 1. The first-order chi connectivity index (χ1) is 21.0. The van der Waals surface area contributed by atoms with Gasteiger partial charge in [0.1, 0.15) is 5.75 Å². The topological polar surface area (TPSA) is 188 Å². The van der Waals surface area contributed by atoms with Crippen LogP contribution in [0.4, 0.5) is 5.69 Å². The van der Waals surface area contributed by atoms with Gasteiger partial charge in [0, 0.05) is 31.0 Å². The zero-order chi connectivity index (χ0) is 32.0. The predicted molar refractivity (Wildman–Crippen MR) is 169 cm³/mol. The van der Waals surface area contributed by atoms with Crippen molar-refractivity contribution >= 4 is 25.7 Å². The minimum Gasteiger partial charge on any atom is -0.508 e. The van der Waals surface area contributed by atoms with Crippen LogP contribution in [0.2, 0.25) is 0 Å². The lowest BCUT2D eigenvalue weighted by atomic mass is 10.1. The fourth-order valence-corrected chi connectivity index (χ4v) is 6.18. The zero-order valence-corrected chi connectivity index (χ0v) is 26.3. The minimum absolute atomic E-state index is 0.0173. The molecule has 11 nitrogen and oxygen atoms in total. The Morgan fingerprint density at radius 1 is 0.818 bits per heavy atom. The van der Waals surface area contributed by atoms with Crippen molar-refractivity contribution in [3.8, 4) is 5.75 Å². The number of rotatable bonds is 20. The highest BCUT2D eigenvalue weighted by Crippen LogP contribution is 2.22. The number of phenols is 1. The van der Waals surface area contributed by atoms with Crippen molar-refractivity contribution in [2.45, 2.75) is 67.4 Å². The number of aryl methyl sites for hydroxylation is 1. The number of aliphatic hydroxyl groups is 2. The normalized spacial score (nSPS) is 12.7. The lowest BCUT2D eigenvalue weighted by Crippen LogP contribution is -2.22. The highest BCUT2D eigenvalue weighted by Gasteiger charge is 2.16. The first-order valence-corrected chi connectivity index (χ1v) is 17.7. The molecular formula is C31H43N3O8S2. The Kier molecular flexibility index (Phi) is 14.1. The Labute approximate surface area is 260 Å². The number of anilines is 1. The van der Waals surface area contributed by atoms with Crippen LogP contribution in [0.3, 0.4) is 0 Å². The number of aromatic hydroxyl groups is 1. The summed E-state index contributed by atoms with van der Waals surface area (Å²) in [7, 11) is -7.71. The van der Waals surface area contributed by atoms with Crippen molar-refractivity contribution in [3.63, 3.8) is 0 Å². The number of nitrogens with two attached hydrogens (primary N) is 1. The maximum Gasteiger partial charge on any atom is 0.261 e. The van der Waals surface area contributed by atoms with Gasteiger partial charge >= 0.3 is 0 Å². The molecule has 0 saturated heterocycles. The molecule has 0 bridgehead atoms. The molecule has 7 N–H and O–H groups in total. The van der Waals surface area contributed by atoms with E-state index in [4.69, 9.17) is 9.88 Å². The first-order valence-electron chi connectivity index (χ1n) is 14.6. The van der Waals surface area contributed by atoms with Gasteiger partial charge in [-0.25, -0.2) is 22.0 Å². The molecule has 0 unspecified atom stereocenters. The molecule has 242 valence electrons. The first kappa shape index (κ1) is 35.4. The van der Waals surface area contributed by atoms with Gasteiger partial charge in [-0.2, -0.15) is 0 Å². The van der Waals surface area contributed by atoms with Crippen molar-refractivity contribution in [1.29, 1.82) is 0 Å². The molecule has 13 heteroatoms. The Balaban J connectivity index is 1.23. The number of nitrogens with one attached hydrogen (secondary N) is 2. The van der Waals surface area contributed by atoms with Crippen LogP contribution in [0.5, 0.6) is 5.75 Å². The quantitative estimate of drug-likeness (QED) is 0.0995. The van der Waals surface area contributed by atoms with E-state index in [0.717, 1.165) is 50.6 Å². The maximum atomic E-state index is 12.8. The van der Waals surface area contributed by atoms with E-state index >= 15 is 0 Å². The molecule has 0 aliphatic carbocycles. The molecule has 0 aliphatic heterocycles. The van der Waals surface area contributed by atoms with E-state index in [2.05, 4.69) is 10.0 Å². The molecule has 3 aromatic rings. The highest BCUT2D eigenvalue weighted by molar-refractivity contribution is 7.92. The summed E-state index contributed by atoms with van der Waals surface area (Å²) in [6.45, 7) is 2.24. The Bertz CT molecular complexity index is 1530. The number of hydrogen-bond acceptors (Lipinski definition) is 9. The van der Waals surface area contributed by atoms with Gasteiger partial charge in [0.25, 0.3) is 10.0 Å². The standard InChI is InChI=1S/C31H43N3O8S2/c32-43(38,39)28-14-12-27(13-15-28)34-44(40,41)29-10-7-9-24(20-29)8-3-6-19-42-18-5-2-1-4-17-33-22-31(37)25-11-16-30(36)26(21-25)23-35/h7,9-16,20-21,31,33-37H,1-6,8,17-19,22-23H2,(H2,32,38,39)/t31-/m0/s1. The number of hydrogen-bond donors (Lipinski definition) is 6. The van der Waals surface area contributed by atoms with Gasteiger partial charge in [-0.3, -0.25) is 4.72 Å². The molecule has 0 fully saturated rings. The van der Waals surface area contributed by atoms with Gasteiger partial charge in [0.05, 0.1) is 22.5 Å². The van der Waals surface area contributed by atoms with Crippen LogP contribution in [0, 0.1) is 0 Å². The fourth-order valence-electron chi connectivity index (χ4n) is 4.53. The van der Waals surface area contributed by atoms with Crippen molar-refractivity contribution in [2.75, 3.05) is 31.0 Å². The molecule has 0 radical (unpaired) electrons. The number of benzene rings is 3. The number of unbranched alkanes of at least 4 members (excludes halogenated alkanes) is 4. The summed E-state index contributed by atoms with van der Waals surface area (Å²) >= 11 is 0. The molecule has 0 spiro atoms. The number of sulfonamides is 2. The molecule has 44 heavy (non-hydrogen) atoms. The monoisotopic (exact) mass is 649 g/mol. The van der Waals surface area contributed by atoms with Gasteiger partial charge in [-0.1, -0.05) is 31.0 Å². The predicted octanol–water partition coefficient (Wildman–Crippen LogP) is 3.56. The van der Waals surface area contributed by atoms with E-state index in [1.165, 1.54) is 36.4 Å². The lowest BCUT2D eigenvalue weighted by molar-refractivity contribution is 0.126. The summed E-state index contributed by atoms with van der Waals surface area (Å²) in [5.41, 5.74) is 2.18. The molecule has 0 amide bonds. The van der Waals surface area contributed by atoms with Crippen LogP contribution >= 0.6 is 0 Å². The lowest BCUT2D eigenvalue weighted by Gasteiger charge is -2.14. The van der Waals surface area contributed by atoms with E-state index in [-0.39, 0.29) is 27.8 Å². The summed E-state index contributed by atoms with van der Waals surface area (Å²) < 4.78 is 56.6. The SMILES string of the molecule is NS(=O)(=O)c1ccc(NS(=O)(=O)c2cccc(CCCCOCCCCCCNC[C@H](O)c3ccc(O)c(CO)c3)c2)cc1. The van der Waals surface area contributed by atoms with Crippen molar-refractivity contribution in [3.05, 3.63) is 83.4 Å². The molecule has 3 aromatic carbocycles. The maximum absolute atomic E-state index is 12.8. The molecule has 0 heterocycles.